The number of hydrogen-bond donors (Lipinski definition) is 1. The van der Waals surface area contributed by atoms with E-state index in [-0.39, 0.29) is 5.76 Å². The minimum Gasteiger partial charge on any atom is -0.467 e. The highest BCUT2D eigenvalue weighted by Gasteiger charge is 2.36. The Kier molecular flexibility index (Phi) is 4.53. The largest absolute Gasteiger partial charge is 0.467 e. The molecule has 1 aromatic rings. The molecular formula is C13H19NO4. The maximum atomic E-state index is 12.0. The van der Waals surface area contributed by atoms with E-state index in [4.69, 9.17) is 9.15 Å². The van der Waals surface area contributed by atoms with Gasteiger partial charge in [-0.15, -0.1) is 0 Å². The lowest BCUT2D eigenvalue weighted by molar-refractivity contribution is -0.147. The standard InChI is InChI=1S/C13H19NO4/c1-5-7-13(3,12(16)17-4)14-11(15)10-9(2)6-8-18-10/h6,8H,5,7H2,1-4H3,(H,14,15). The minimum absolute atomic E-state index is 0.223. The molecule has 0 bridgehead atoms. The number of carbonyl (C=O) groups excluding carboxylic acids is 2. The Hall–Kier alpha value is -1.78. The summed E-state index contributed by atoms with van der Waals surface area (Å²) in [6.07, 6.45) is 2.70. The molecule has 100 valence electrons. The average molecular weight is 253 g/mol. The van der Waals surface area contributed by atoms with Crippen molar-refractivity contribution in [1.82, 2.24) is 5.32 Å². The highest BCUT2D eigenvalue weighted by atomic mass is 16.5. The molecule has 0 saturated heterocycles. The number of methoxy groups -OCH3 is 1. The molecule has 18 heavy (non-hydrogen) atoms. The maximum absolute atomic E-state index is 12.0. The van der Waals surface area contributed by atoms with E-state index in [0.717, 1.165) is 12.0 Å². The third-order valence-electron chi connectivity index (χ3n) is 2.84. The lowest BCUT2D eigenvalue weighted by Gasteiger charge is -2.27. The van der Waals surface area contributed by atoms with Crippen molar-refractivity contribution in [2.45, 2.75) is 39.2 Å². The van der Waals surface area contributed by atoms with E-state index >= 15 is 0 Å². The molecule has 1 N–H and O–H groups in total. The first-order chi connectivity index (χ1) is 8.44. The lowest BCUT2D eigenvalue weighted by Crippen LogP contribution is -2.52. The smallest absolute Gasteiger partial charge is 0.331 e. The number of amides is 1. The molecule has 0 fully saturated rings. The van der Waals surface area contributed by atoms with Gasteiger partial charge in [0.1, 0.15) is 5.54 Å². The molecule has 1 atom stereocenters. The zero-order valence-electron chi connectivity index (χ0n) is 11.2. The number of furan rings is 1. The Labute approximate surface area is 106 Å². The van der Waals surface area contributed by atoms with Crippen LogP contribution in [0.15, 0.2) is 16.7 Å². The predicted octanol–water partition coefficient (Wildman–Crippen LogP) is 2.05. The third-order valence-corrected chi connectivity index (χ3v) is 2.84. The fourth-order valence-electron chi connectivity index (χ4n) is 1.85. The van der Waals surface area contributed by atoms with Crippen molar-refractivity contribution in [3.63, 3.8) is 0 Å². The second-order valence-corrected chi connectivity index (χ2v) is 4.46. The van der Waals surface area contributed by atoms with E-state index in [1.807, 2.05) is 6.92 Å². The van der Waals surface area contributed by atoms with E-state index < -0.39 is 17.4 Å². The predicted molar refractivity (Wildman–Crippen MR) is 66.2 cm³/mol. The van der Waals surface area contributed by atoms with Crippen molar-refractivity contribution < 1.29 is 18.7 Å². The molecule has 1 rings (SSSR count). The van der Waals surface area contributed by atoms with E-state index in [0.29, 0.717) is 6.42 Å². The number of hydrogen-bond acceptors (Lipinski definition) is 4. The first-order valence-electron chi connectivity index (χ1n) is 5.89. The lowest BCUT2D eigenvalue weighted by atomic mass is 9.96. The molecular weight excluding hydrogens is 234 g/mol. The molecule has 1 heterocycles. The fourth-order valence-corrected chi connectivity index (χ4v) is 1.85. The monoisotopic (exact) mass is 253 g/mol. The first-order valence-corrected chi connectivity index (χ1v) is 5.89. The maximum Gasteiger partial charge on any atom is 0.331 e. The van der Waals surface area contributed by atoms with Gasteiger partial charge in [0.2, 0.25) is 0 Å². The van der Waals surface area contributed by atoms with E-state index in [1.165, 1.54) is 13.4 Å². The number of esters is 1. The molecule has 0 spiro atoms. The van der Waals surface area contributed by atoms with Crippen LogP contribution in [0.2, 0.25) is 0 Å². The molecule has 0 aromatic carbocycles. The van der Waals surface area contributed by atoms with E-state index in [1.54, 1.807) is 19.9 Å². The SMILES string of the molecule is CCCC(C)(NC(=O)c1occc1C)C(=O)OC. The van der Waals surface area contributed by atoms with Crippen LogP contribution in [0, 0.1) is 6.92 Å². The summed E-state index contributed by atoms with van der Waals surface area (Å²) in [5.74, 6) is -0.637. The van der Waals surface area contributed by atoms with Crippen molar-refractivity contribution in [3.8, 4) is 0 Å². The molecule has 1 unspecified atom stereocenters. The summed E-state index contributed by atoms with van der Waals surface area (Å²) >= 11 is 0. The first kappa shape index (κ1) is 14.3. The average Bonchev–Trinajstić information content (AvgIpc) is 2.74. The van der Waals surface area contributed by atoms with Crippen molar-refractivity contribution in [2.24, 2.45) is 0 Å². The van der Waals surface area contributed by atoms with Crippen molar-refractivity contribution in [1.29, 1.82) is 0 Å². The Bertz CT molecular complexity index is 438. The van der Waals surface area contributed by atoms with Crippen molar-refractivity contribution in [3.05, 3.63) is 23.7 Å². The highest BCUT2D eigenvalue weighted by Crippen LogP contribution is 2.17. The van der Waals surface area contributed by atoms with Crippen LogP contribution in [0.4, 0.5) is 0 Å². The molecule has 0 radical (unpaired) electrons. The Morgan fingerprint density at radius 3 is 2.61 bits per heavy atom. The van der Waals surface area contributed by atoms with Gasteiger partial charge in [0.05, 0.1) is 13.4 Å². The van der Waals surface area contributed by atoms with Crippen LogP contribution in [0.1, 0.15) is 42.8 Å². The molecule has 5 nitrogen and oxygen atoms in total. The van der Waals surface area contributed by atoms with Gasteiger partial charge in [-0.3, -0.25) is 4.79 Å². The van der Waals surface area contributed by atoms with E-state index in [2.05, 4.69) is 5.32 Å². The minimum atomic E-state index is -1.03. The van der Waals surface area contributed by atoms with Gasteiger partial charge in [-0.25, -0.2) is 4.79 Å². The van der Waals surface area contributed by atoms with Gasteiger partial charge < -0.3 is 14.5 Å². The Balaban J connectivity index is 2.88. The number of ether oxygens (including phenoxy) is 1. The van der Waals surface area contributed by atoms with Gasteiger partial charge in [-0.05, 0) is 26.3 Å². The summed E-state index contributed by atoms with van der Waals surface area (Å²) in [5, 5.41) is 2.68. The summed E-state index contributed by atoms with van der Waals surface area (Å²) in [7, 11) is 1.31. The number of rotatable bonds is 5. The summed E-state index contributed by atoms with van der Waals surface area (Å²) < 4.78 is 9.83. The van der Waals surface area contributed by atoms with Crippen LogP contribution in [-0.2, 0) is 9.53 Å². The third kappa shape index (κ3) is 2.91. The van der Waals surface area contributed by atoms with Gasteiger partial charge in [0.25, 0.3) is 5.91 Å². The number of carbonyl (C=O) groups is 2. The van der Waals surface area contributed by atoms with Gasteiger partial charge in [-0.2, -0.15) is 0 Å². The molecule has 1 amide bonds. The van der Waals surface area contributed by atoms with Gasteiger partial charge in [-0.1, -0.05) is 13.3 Å². The highest BCUT2D eigenvalue weighted by molar-refractivity contribution is 5.96. The number of aryl methyl sites for hydroxylation is 1. The van der Waals surface area contributed by atoms with E-state index in [9.17, 15) is 9.59 Å². The molecule has 5 heteroatoms. The molecule has 0 saturated carbocycles. The number of nitrogens with one attached hydrogen (secondary N) is 1. The topological polar surface area (TPSA) is 68.5 Å². The normalized spacial score (nSPS) is 13.8. The quantitative estimate of drug-likeness (QED) is 0.815. The van der Waals surface area contributed by atoms with Gasteiger partial charge >= 0.3 is 5.97 Å². The van der Waals surface area contributed by atoms with Crippen molar-refractivity contribution in [2.75, 3.05) is 7.11 Å². The van der Waals surface area contributed by atoms with Crippen LogP contribution in [0.3, 0.4) is 0 Å². The molecule has 0 aliphatic rings. The van der Waals surface area contributed by atoms with Crippen LogP contribution < -0.4 is 5.32 Å². The Morgan fingerprint density at radius 2 is 2.17 bits per heavy atom. The summed E-state index contributed by atoms with van der Waals surface area (Å²) in [6, 6.07) is 1.70. The zero-order chi connectivity index (χ0) is 13.8. The van der Waals surface area contributed by atoms with Crippen LogP contribution in [0.25, 0.3) is 0 Å². The van der Waals surface area contributed by atoms with Gasteiger partial charge in [0.15, 0.2) is 5.76 Å². The van der Waals surface area contributed by atoms with Gasteiger partial charge in [0, 0.05) is 5.56 Å². The summed E-state index contributed by atoms with van der Waals surface area (Å²) in [4.78, 5) is 23.8. The molecule has 0 aliphatic carbocycles. The molecule has 0 aliphatic heterocycles. The van der Waals surface area contributed by atoms with Crippen molar-refractivity contribution >= 4 is 11.9 Å². The second kappa shape index (κ2) is 5.71. The van der Waals surface area contributed by atoms with Crippen LogP contribution in [0.5, 0.6) is 0 Å². The zero-order valence-corrected chi connectivity index (χ0v) is 11.2. The second-order valence-electron chi connectivity index (χ2n) is 4.46. The molecule has 1 aromatic heterocycles. The summed E-state index contributed by atoms with van der Waals surface area (Å²) in [6.45, 7) is 5.36. The fraction of sp³-hybridized carbons (Fsp3) is 0.538. The Morgan fingerprint density at radius 1 is 1.50 bits per heavy atom. The summed E-state index contributed by atoms with van der Waals surface area (Å²) in [5.41, 5.74) is -0.295. The van der Waals surface area contributed by atoms with Crippen LogP contribution >= 0.6 is 0 Å². The van der Waals surface area contributed by atoms with Crippen LogP contribution in [-0.4, -0.2) is 24.5 Å².